The van der Waals surface area contributed by atoms with Gasteiger partial charge in [-0.2, -0.15) is 0 Å². The Hall–Kier alpha value is -3.28. The van der Waals surface area contributed by atoms with Crippen molar-refractivity contribution in [3.63, 3.8) is 0 Å². The van der Waals surface area contributed by atoms with Gasteiger partial charge in [0.1, 0.15) is 23.5 Å². The molecule has 12 heteroatoms. The maximum absolute atomic E-state index is 13.1. The van der Waals surface area contributed by atoms with Gasteiger partial charge >= 0.3 is 5.97 Å². The first-order valence-corrected chi connectivity index (χ1v) is 11.3. The molecule has 2 fully saturated rings. The van der Waals surface area contributed by atoms with E-state index in [2.05, 4.69) is 15.6 Å². The lowest BCUT2D eigenvalue weighted by Crippen LogP contribution is -2.71. The Bertz CT molecular complexity index is 965. The van der Waals surface area contributed by atoms with Crippen LogP contribution < -0.4 is 22.1 Å². The number of carbonyl (C=O) groups is 4. The van der Waals surface area contributed by atoms with Gasteiger partial charge in [0, 0.05) is 17.7 Å². The van der Waals surface area contributed by atoms with Crippen LogP contribution in [0.15, 0.2) is 35.3 Å². The molecule has 178 valence electrons. The van der Waals surface area contributed by atoms with Crippen LogP contribution in [0.2, 0.25) is 0 Å². The molecule has 3 amide bonds. The fraction of sp³-hybridized carbons (Fsp3) is 0.476. The van der Waals surface area contributed by atoms with E-state index in [1.807, 2.05) is 0 Å². The van der Waals surface area contributed by atoms with E-state index in [-0.39, 0.29) is 24.8 Å². The van der Waals surface area contributed by atoms with Gasteiger partial charge in [-0.1, -0.05) is 30.3 Å². The van der Waals surface area contributed by atoms with Gasteiger partial charge in [-0.25, -0.2) is 4.79 Å². The van der Waals surface area contributed by atoms with Crippen LogP contribution in [-0.2, 0) is 19.2 Å². The van der Waals surface area contributed by atoms with Gasteiger partial charge in [-0.15, -0.1) is 11.8 Å². The Morgan fingerprint density at radius 3 is 2.52 bits per heavy atom. The van der Waals surface area contributed by atoms with Crippen molar-refractivity contribution < 1.29 is 24.3 Å². The number of hydrogen-bond acceptors (Lipinski definition) is 6. The summed E-state index contributed by atoms with van der Waals surface area (Å²) in [5.74, 6) is -2.51. The fourth-order valence-electron chi connectivity index (χ4n) is 4.01. The van der Waals surface area contributed by atoms with Gasteiger partial charge < -0.3 is 32.1 Å². The lowest BCUT2D eigenvalue weighted by atomic mass is 9.95. The highest BCUT2D eigenvalue weighted by Gasteiger charge is 2.64. The van der Waals surface area contributed by atoms with Gasteiger partial charge in [0.15, 0.2) is 5.96 Å². The van der Waals surface area contributed by atoms with E-state index in [0.29, 0.717) is 12.0 Å². The van der Waals surface area contributed by atoms with E-state index in [4.69, 9.17) is 11.5 Å². The number of nitrogens with one attached hydrogen (secondary N) is 2. The number of carboxylic acid groups (broad SMARTS) is 1. The Balaban J connectivity index is 1.69. The van der Waals surface area contributed by atoms with Crippen molar-refractivity contribution in [2.75, 3.05) is 6.54 Å². The SMILES string of the molecule is CC1(C)S[C@@H]2[C@H](NC(=O)C(NC(=O)CCCN=C(N)N)c3ccccc3)C(=O)N2[C@H]1C(=O)O. The molecular formula is C21H28N6O5S. The molecule has 2 heterocycles. The number of fused-ring (bicyclic) bond motifs is 1. The molecule has 4 atom stereocenters. The molecule has 2 saturated heterocycles. The molecule has 2 aliphatic rings. The van der Waals surface area contributed by atoms with Crippen molar-refractivity contribution in [1.29, 1.82) is 0 Å². The van der Waals surface area contributed by atoms with Crippen LogP contribution >= 0.6 is 11.8 Å². The predicted octanol–water partition coefficient (Wildman–Crippen LogP) is -0.471. The number of carboxylic acids is 1. The molecule has 0 spiro atoms. The summed E-state index contributed by atoms with van der Waals surface area (Å²) in [7, 11) is 0. The van der Waals surface area contributed by atoms with Gasteiger partial charge in [-0.05, 0) is 25.8 Å². The lowest BCUT2D eigenvalue weighted by Gasteiger charge is -2.44. The third-order valence-electron chi connectivity index (χ3n) is 5.53. The first-order valence-electron chi connectivity index (χ1n) is 10.5. The first kappa shape index (κ1) is 24.4. The Morgan fingerprint density at radius 2 is 1.91 bits per heavy atom. The number of nitrogens with two attached hydrogens (primary N) is 2. The maximum Gasteiger partial charge on any atom is 0.327 e. The maximum atomic E-state index is 13.1. The Morgan fingerprint density at radius 1 is 1.24 bits per heavy atom. The molecule has 0 aromatic heterocycles. The second kappa shape index (κ2) is 9.69. The van der Waals surface area contributed by atoms with Crippen molar-refractivity contribution in [1.82, 2.24) is 15.5 Å². The number of β-lactam (4-membered cyclic amide) rings is 1. The van der Waals surface area contributed by atoms with Crippen molar-refractivity contribution in [2.24, 2.45) is 16.5 Å². The smallest absolute Gasteiger partial charge is 0.327 e. The second-order valence-electron chi connectivity index (χ2n) is 8.41. The van der Waals surface area contributed by atoms with Crippen molar-refractivity contribution in [2.45, 2.75) is 54.9 Å². The highest BCUT2D eigenvalue weighted by Crippen LogP contribution is 2.50. The number of aliphatic imine (C=N–C) groups is 1. The summed E-state index contributed by atoms with van der Waals surface area (Å²) in [5, 5.41) is 14.5. The van der Waals surface area contributed by atoms with Crippen LogP contribution in [0, 0.1) is 0 Å². The molecule has 11 nitrogen and oxygen atoms in total. The number of amides is 3. The van der Waals surface area contributed by atoms with Gasteiger partial charge in [0.05, 0.1) is 0 Å². The minimum absolute atomic E-state index is 0.0609. The number of benzene rings is 1. The highest BCUT2D eigenvalue weighted by molar-refractivity contribution is 8.01. The minimum atomic E-state index is -1.08. The molecule has 3 rings (SSSR count). The van der Waals surface area contributed by atoms with Crippen LogP contribution in [-0.4, -0.2) is 68.4 Å². The van der Waals surface area contributed by atoms with E-state index < -0.39 is 46.0 Å². The van der Waals surface area contributed by atoms with Crippen LogP contribution in [0.1, 0.15) is 38.3 Å². The molecule has 1 aromatic rings. The van der Waals surface area contributed by atoms with Gasteiger partial charge in [0.2, 0.25) is 17.7 Å². The summed E-state index contributed by atoms with van der Waals surface area (Å²) in [6.45, 7) is 3.80. The zero-order valence-corrected chi connectivity index (χ0v) is 19.2. The third-order valence-corrected chi connectivity index (χ3v) is 7.10. The molecule has 2 aliphatic heterocycles. The standard InChI is InChI=1S/C21H28N6O5S/c1-21(2)15(19(31)32)27-17(30)14(18(27)33-21)26-16(29)13(11-7-4-3-5-8-11)25-12(28)9-6-10-24-20(22)23/h3-5,7-8,13-15,18H,6,9-10H2,1-2H3,(H,25,28)(H,26,29)(H,31,32)(H4,22,23,24)/t13?,14-,15+,18-/m1/s1. The largest absolute Gasteiger partial charge is 0.480 e. The van der Waals surface area contributed by atoms with E-state index in [0.717, 1.165) is 0 Å². The molecule has 0 bridgehead atoms. The van der Waals surface area contributed by atoms with Crippen molar-refractivity contribution >= 4 is 41.4 Å². The summed E-state index contributed by atoms with van der Waals surface area (Å²) in [6, 6.07) is 5.82. The number of aliphatic carboxylic acids is 1. The van der Waals surface area contributed by atoms with E-state index in [1.54, 1.807) is 44.2 Å². The molecule has 0 radical (unpaired) electrons. The summed E-state index contributed by atoms with van der Waals surface area (Å²) in [6.07, 6.45) is 0.504. The number of rotatable bonds is 9. The number of guanidine groups is 1. The molecule has 1 unspecified atom stereocenters. The average molecular weight is 477 g/mol. The minimum Gasteiger partial charge on any atom is -0.480 e. The highest BCUT2D eigenvalue weighted by atomic mass is 32.2. The quantitative estimate of drug-likeness (QED) is 0.137. The van der Waals surface area contributed by atoms with Crippen LogP contribution in [0.4, 0.5) is 0 Å². The number of thioether (sulfide) groups is 1. The monoisotopic (exact) mass is 476 g/mol. The zero-order valence-electron chi connectivity index (χ0n) is 18.4. The van der Waals surface area contributed by atoms with Gasteiger partial charge in [-0.3, -0.25) is 19.4 Å². The summed E-state index contributed by atoms with van der Waals surface area (Å²) >= 11 is 1.33. The van der Waals surface area contributed by atoms with Crippen LogP contribution in [0.25, 0.3) is 0 Å². The Kier molecular flexibility index (Phi) is 7.15. The molecule has 1 aromatic carbocycles. The topological polar surface area (TPSA) is 180 Å². The fourth-order valence-corrected chi connectivity index (χ4v) is 5.63. The second-order valence-corrected chi connectivity index (χ2v) is 10.2. The number of carbonyl (C=O) groups excluding carboxylic acids is 3. The average Bonchev–Trinajstić information content (AvgIpc) is 3.01. The van der Waals surface area contributed by atoms with Gasteiger partial charge in [0.25, 0.3) is 0 Å². The molecule has 33 heavy (non-hydrogen) atoms. The van der Waals surface area contributed by atoms with Crippen molar-refractivity contribution in [3.8, 4) is 0 Å². The summed E-state index contributed by atoms with van der Waals surface area (Å²) in [5.41, 5.74) is 11.1. The van der Waals surface area contributed by atoms with E-state index >= 15 is 0 Å². The first-order chi connectivity index (χ1) is 15.5. The molecular weight excluding hydrogens is 448 g/mol. The predicted molar refractivity (Wildman–Crippen MR) is 123 cm³/mol. The summed E-state index contributed by atoms with van der Waals surface area (Å²) < 4.78 is -0.700. The number of nitrogens with zero attached hydrogens (tertiary/aromatic N) is 2. The Labute approximate surface area is 195 Å². The van der Waals surface area contributed by atoms with Crippen LogP contribution in [0.5, 0.6) is 0 Å². The molecule has 0 aliphatic carbocycles. The molecule has 7 N–H and O–H groups in total. The summed E-state index contributed by atoms with van der Waals surface area (Å²) in [4.78, 5) is 55.1. The zero-order chi connectivity index (χ0) is 24.3. The van der Waals surface area contributed by atoms with E-state index in [1.165, 1.54) is 16.7 Å². The van der Waals surface area contributed by atoms with Crippen LogP contribution in [0.3, 0.4) is 0 Å². The van der Waals surface area contributed by atoms with E-state index in [9.17, 15) is 24.3 Å². The van der Waals surface area contributed by atoms with Crippen molar-refractivity contribution in [3.05, 3.63) is 35.9 Å². The lowest BCUT2D eigenvalue weighted by molar-refractivity contribution is -0.161. The number of hydrogen-bond donors (Lipinski definition) is 5. The molecule has 0 saturated carbocycles. The third kappa shape index (κ3) is 5.21. The normalized spacial score (nSPS) is 23.6.